The van der Waals surface area contributed by atoms with E-state index in [0.29, 0.717) is 12.5 Å². The first-order valence-electron chi connectivity index (χ1n) is 5.34. The van der Waals surface area contributed by atoms with Crippen molar-refractivity contribution in [3.8, 4) is 0 Å². The minimum Gasteiger partial charge on any atom is -0.361 e. The summed E-state index contributed by atoms with van der Waals surface area (Å²) in [5.74, 6) is -0.839. The summed E-state index contributed by atoms with van der Waals surface area (Å²) >= 11 is 0. The summed E-state index contributed by atoms with van der Waals surface area (Å²) < 4.78 is 26.1. The molecule has 0 aliphatic heterocycles. The molecule has 1 aromatic heterocycles. The van der Waals surface area contributed by atoms with Gasteiger partial charge in [0.05, 0.1) is 11.7 Å². The quantitative estimate of drug-likeness (QED) is 0.826. The Labute approximate surface area is 93.1 Å². The molecule has 0 spiro atoms. The molecule has 1 aliphatic carbocycles. The molecule has 88 valence electrons. The maximum atomic E-state index is 13.4. The molecular weight excluding hydrogens is 212 g/mol. The third-order valence-corrected chi connectivity index (χ3v) is 3.11. The summed E-state index contributed by atoms with van der Waals surface area (Å²) in [6, 6.07) is 0.819. The van der Waals surface area contributed by atoms with E-state index in [1.54, 1.807) is 0 Å². The molecule has 0 aromatic carbocycles. The predicted octanol–water partition coefficient (Wildman–Crippen LogP) is 1.90. The van der Waals surface area contributed by atoms with Gasteiger partial charge in [-0.1, -0.05) is 0 Å². The molecule has 1 atom stereocenters. The van der Waals surface area contributed by atoms with Crippen molar-refractivity contribution in [3.05, 3.63) is 23.9 Å². The van der Waals surface area contributed by atoms with Crippen LogP contribution in [-0.2, 0) is 0 Å². The third kappa shape index (κ3) is 2.14. The van der Waals surface area contributed by atoms with Crippen molar-refractivity contribution >= 4 is 5.82 Å². The molecule has 1 saturated carbocycles. The molecule has 1 aromatic rings. The van der Waals surface area contributed by atoms with Gasteiger partial charge in [-0.25, -0.2) is 13.8 Å². The van der Waals surface area contributed by atoms with Crippen LogP contribution in [0.5, 0.6) is 0 Å². The van der Waals surface area contributed by atoms with Crippen LogP contribution in [0.3, 0.4) is 0 Å². The Morgan fingerprint density at radius 1 is 1.56 bits per heavy atom. The van der Waals surface area contributed by atoms with Gasteiger partial charge in [-0.3, -0.25) is 0 Å². The highest BCUT2D eigenvalue weighted by Gasteiger charge is 2.41. The normalized spacial score (nSPS) is 19.2. The van der Waals surface area contributed by atoms with E-state index >= 15 is 0 Å². The molecule has 1 fully saturated rings. The first-order valence-corrected chi connectivity index (χ1v) is 5.34. The molecule has 2 rings (SSSR count). The molecule has 1 heterocycles. The smallest absolute Gasteiger partial charge is 0.168 e. The second-order valence-corrected chi connectivity index (χ2v) is 4.50. The van der Waals surface area contributed by atoms with Crippen molar-refractivity contribution in [2.24, 2.45) is 11.7 Å². The van der Waals surface area contributed by atoms with E-state index in [-0.39, 0.29) is 11.4 Å². The Morgan fingerprint density at radius 3 is 2.75 bits per heavy atom. The Bertz CT molecular complexity index is 393. The van der Waals surface area contributed by atoms with Gasteiger partial charge < -0.3 is 11.1 Å². The van der Waals surface area contributed by atoms with Crippen LogP contribution >= 0.6 is 0 Å². The van der Waals surface area contributed by atoms with Crippen LogP contribution in [0.1, 0.15) is 19.8 Å². The number of nitrogens with one attached hydrogen (secondary N) is 1. The van der Waals surface area contributed by atoms with Gasteiger partial charge in [0, 0.05) is 12.6 Å². The van der Waals surface area contributed by atoms with Crippen molar-refractivity contribution in [2.45, 2.75) is 25.3 Å². The maximum Gasteiger partial charge on any atom is 0.168 e. The van der Waals surface area contributed by atoms with E-state index in [9.17, 15) is 8.78 Å². The number of anilines is 1. The van der Waals surface area contributed by atoms with Gasteiger partial charge in [-0.05, 0) is 25.7 Å². The standard InChI is InChI=1S/C11H15F2N3/c1-11(6-14,7-2-3-7)16-10-9(13)4-8(12)5-15-10/h4-5,7H,2-3,6,14H2,1H3,(H,15,16). The van der Waals surface area contributed by atoms with Crippen molar-refractivity contribution in [1.29, 1.82) is 0 Å². The summed E-state index contributed by atoms with van der Waals surface area (Å²) in [7, 11) is 0. The third-order valence-electron chi connectivity index (χ3n) is 3.11. The van der Waals surface area contributed by atoms with Gasteiger partial charge in [0.15, 0.2) is 11.6 Å². The molecule has 5 heteroatoms. The zero-order valence-corrected chi connectivity index (χ0v) is 9.13. The fourth-order valence-corrected chi connectivity index (χ4v) is 1.82. The van der Waals surface area contributed by atoms with E-state index in [1.165, 1.54) is 0 Å². The van der Waals surface area contributed by atoms with Crippen LogP contribution in [0.25, 0.3) is 0 Å². The fraction of sp³-hybridized carbons (Fsp3) is 0.545. The first kappa shape index (κ1) is 11.3. The van der Waals surface area contributed by atoms with Crippen molar-refractivity contribution in [1.82, 2.24) is 4.98 Å². The van der Waals surface area contributed by atoms with Crippen molar-refractivity contribution in [3.63, 3.8) is 0 Å². The fourth-order valence-electron chi connectivity index (χ4n) is 1.82. The van der Waals surface area contributed by atoms with E-state index in [4.69, 9.17) is 5.73 Å². The number of halogens is 2. The van der Waals surface area contributed by atoms with E-state index in [0.717, 1.165) is 25.1 Å². The molecule has 0 amide bonds. The van der Waals surface area contributed by atoms with Crippen molar-refractivity contribution < 1.29 is 8.78 Å². The van der Waals surface area contributed by atoms with E-state index in [1.807, 2.05) is 6.92 Å². The van der Waals surface area contributed by atoms with Gasteiger partial charge in [-0.2, -0.15) is 0 Å². The van der Waals surface area contributed by atoms with Crippen LogP contribution in [-0.4, -0.2) is 17.1 Å². The molecule has 1 unspecified atom stereocenters. The summed E-state index contributed by atoms with van der Waals surface area (Å²) in [6.07, 6.45) is 3.17. The summed E-state index contributed by atoms with van der Waals surface area (Å²) in [6.45, 7) is 2.34. The number of nitrogens with zero attached hydrogens (tertiary/aromatic N) is 1. The minimum atomic E-state index is -0.680. The van der Waals surface area contributed by atoms with Crippen LogP contribution in [0, 0.1) is 17.6 Å². The molecule has 1 aliphatic rings. The van der Waals surface area contributed by atoms with Crippen LogP contribution in [0.2, 0.25) is 0 Å². The number of hydrogen-bond acceptors (Lipinski definition) is 3. The summed E-state index contributed by atoms with van der Waals surface area (Å²) in [4.78, 5) is 3.70. The first-order chi connectivity index (χ1) is 7.55. The highest BCUT2D eigenvalue weighted by Crippen LogP contribution is 2.40. The Balaban J connectivity index is 2.18. The molecule has 16 heavy (non-hydrogen) atoms. The average Bonchev–Trinajstić information content (AvgIpc) is 3.06. The van der Waals surface area contributed by atoms with Crippen LogP contribution < -0.4 is 11.1 Å². The second-order valence-electron chi connectivity index (χ2n) is 4.50. The van der Waals surface area contributed by atoms with Gasteiger partial charge in [0.1, 0.15) is 5.82 Å². The van der Waals surface area contributed by atoms with Crippen molar-refractivity contribution in [2.75, 3.05) is 11.9 Å². The topological polar surface area (TPSA) is 50.9 Å². The highest BCUT2D eigenvalue weighted by atomic mass is 19.1. The molecule has 0 saturated heterocycles. The second kappa shape index (κ2) is 3.97. The maximum absolute atomic E-state index is 13.4. The van der Waals surface area contributed by atoms with Gasteiger partial charge in [-0.15, -0.1) is 0 Å². The number of hydrogen-bond donors (Lipinski definition) is 2. The molecule has 0 bridgehead atoms. The van der Waals surface area contributed by atoms with Gasteiger partial charge in [0.25, 0.3) is 0 Å². The van der Waals surface area contributed by atoms with Crippen LogP contribution in [0.15, 0.2) is 12.3 Å². The lowest BCUT2D eigenvalue weighted by Gasteiger charge is -2.30. The summed E-state index contributed by atoms with van der Waals surface area (Å²) in [5, 5.41) is 2.98. The Morgan fingerprint density at radius 2 is 2.25 bits per heavy atom. The SMILES string of the molecule is CC(CN)(Nc1ncc(F)cc1F)C1CC1. The largest absolute Gasteiger partial charge is 0.361 e. The highest BCUT2D eigenvalue weighted by molar-refractivity contribution is 5.40. The molecule has 3 nitrogen and oxygen atoms in total. The lowest BCUT2D eigenvalue weighted by Crippen LogP contribution is -2.45. The molecule has 0 radical (unpaired) electrons. The number of rotatable bonds is 4. The van der Waals surface area contributed by atoms with Gasteiger partial charge >= 0.3 is 0 Å². The Hall–Kier alpha value is -1.23. The lowest BCUT2D eigenvalue weighted by molar-refractivity contribution is 0.452. The van der Waals surface area contributed by atoms with Gasteiger partial charge in [0.2, 0.25) is 0 Å². The van der Waals surface area contributed by atoms with E-state index in [2.05, 4.69) is 10.3 Å². The van der Waals surface area contributed by atoms with E-state index < -0.39 is 11.6 Å². The predicted molar refractivity (Wildman–Crippen MR) is 58.0 cm³/mol. The number of nitrogens with two attached hydrogens (primary N) is 1. The zero-order chi connectivity index (χ0) is 11.8. The average molecular weight is 227 g/mol. The monoisotopic (exact) mass is 227 g/mol. The molecular formula is C11H15F2N3. The zero-order valence-electron chi connectivity index (χ0n) is 9.13. The lowest BCUT2D eigenvalue weighted by atomic mass is 9.96. The Kier molecular flexibility index (Phi) is 2.80. The number of aromatic nitrogens is 1. The minimum absolute atomic E-state index is 0.0706. The molecule has 3 N–H and O–H groups in total. The van der Waals surface area contributed by atoms with Crippen LogP contribution in [0.4, 0.5) is 14.6 Å². The summed E-state index contributed by atoms with van der Waals surface area (Å²) in [5.41, 5.74) is 5.33. The number of pyridine rings is 1.